The first-order valence-corrected chi connectivity index (χ1v) is 7.09. The summed E-state index contributed by atoms with van der Waals surface area (Å²) in [6.07, 6.45) is 2.47. The predicted octanol–water partition coefficient (Wildman–Crippen LogP) is 3.24. The third-order valence-corrected chi connectivity index (χ3v) is 3.85. The van der Waals surface area contributed by atoms with Crippen LogP contribution in [0.1, 0.15) is 25.7 Å². The molecule has 5 nitrogen and oxygen atoms in total. The average molecular weight is 315 g/mol. The molecule has 0 spiro atoms. The molecule has 21 heavy (non-hydrogen) atoms. The molecule has 1 aliphatic rings. The van der Waals surface area contributed by atoms with Gasteiger partial charge in [-0.1, -0.05) is 24.1 Å². The monoisotopic (exact) mass is 314 g/mol. The Hall–Kier alpha value is -1.82. The van der Waals surface area contributed by atoms with Crippen molar-refractivity contribution in [2.24, 2.45) is 5.92 Å². The fourth-order valence-electron chi connectivity index (χ4n) is 2.49. The summed E-state index contributed by atoms with van der Waals surface area (Å²) in [5, 5.41) is 14.0. The molecule has 1 aromatic carbocycles. The predicted molar refractivity (Wildman–Crippen MR) is 76.9 cm³/mol. The summed E-state index contributed by atoms with van der Waals surface area (Å²) in [6.45, 7) is 0. The van der Waals surface area contributed by atoms with Crippen LogP contribution >= 0.6 is 11.6 Å². The molecule has 7 heteroatoms. The molecule has 3 N–H and O–H groups in total. The SMILES string of the molecule is O=C(Nc1cccc(Cl)c1F)NC1CCCC(C(=O)O)C1. The van der Waals surface area contributed by atoms with E-state index in [2.05, 4.69) is 10.6 Å². The first-order chi connectivity index (χ1) is 9.97. The third kappa shape index (κ3) is 4.07. The number of nitrogens with one attached hydrogen (secondary N) is 2. The maximum absolute atomic E-state index is 13.7. The number of amides is 2. The Morgan fingerprint density at radius 1 is 1.33 bits per heavy atom. The summed E-state index contributed by atoms with van der Waals surface area (Å²) in [4.78, 5) is 22.8. The highest BCUT2D eigenvalue weighted by Crippen LogP contribution is 2.25. The number of anilines is 1. The zero-order chi connectivity index (χ0) is 15.4. The second-order valence-corrected chi connectivity index (χ2v) is 5.51. The van der Waals surface area contributed by atoms with Crippen LogP contribution in [0.5, 0.6) is 0 Å². The summed E-state index contributed by atoms with van der Waals surface area (Å²) >= 11 is 5.63. The van der Waals surface area contributed by atoms with E-state index in [1.165, 1.54) is 18.2 Å². The van der Waals surface area contributed by atoms with Gasteiger partial charge in [0.05, 0.1) is 16.6 Å². The highest BCUT2D eigenvalue weighted by atomic mass is 35.5. The van der Waals surface area contributed by atoms with Crippen LogP contribution in [0.25, 0.3) is 0 Å². The van der Waals surface area contributed by atoms with Crippen LogP contribution < -0.4 is 10.6 Å². The lowest BCUT2D eigenvalue weighted by Crippen LogP contribution is -2.42. The standard InChI is InChI=1S/C14H16ClFN2O3/c15-10-5-2-6-11(12(10)16)18-14(21)17-9-4-1-3-8(7-9)13(19)20/h2,5-6,8-9H,1,3-4,7H2,(H,19,20)(H2,17,18,21). The van der Waals surface area contributed by atoms with E-state index in [9.17, 15) is 14.0 Å². The zero-order valence-corrected chi connectivity index (χ0v) is 12.0. The number of carboxylic acids is 1. The van der Waals surface area contributed by atoms with Crippen molar-refractivity contribution >= 4 is 29.3 Å². The van der Waals surface area contributed by atoms with Gasteiger partial charge in [-0.05, 0) is 31.4 Å². The quantitative estimate of drug-likeness (QED) is 0.801. The molecule has 0 aliphatic heterocycles. The molecule has 1 fully saturated rings. The fourth-order valence-corrected chi connectivity index (χ4v) is 2.66. The lowest BCUT2D eigenvalue weighted by Gasteiger charge is -2.27. The Balaban J connectivity index is 1.92. The van der Waals surface area contributed by atoms with Gasteiger partial charge in [-0.25, -0.2) is 9.18 Å². The molecule has 1 aliphatic carbocycles. The number of hydrogen-bond donors (Lipinski definition) is 3. The molecule has 2 amide bonds. The molecule has 2 unspecified atom stereocenters. The third-order valence-electron chi connectivity index (χ3n) is 3.56. The van der Waals surface area contributed by atoms with E-state index >= 15 is 0 Å². The number of halogens is 2. The van der Waals surface area contributed by atoms with Crippen molar-refractivity contribution in [3.63, 3.8) is 0 Å². The van der Waals surface area contributed by atoms with Crippen molar-refractivity contribution in [3.8, 4) is 0 Å². The van der Waals surface area contributed by atoms with Crippen LogP contribution in [0.3, 0.4) is 0 Å². The van der Waals surface area contributed by atoms with Gasteiger partial charge in [0.15, 0.2) is 5.82 Å². The van der Waals surface area contributed by atoms with Crippen LogP contribution in [0.15, 0.2) is 18.2 Å². The maximum atomic E-state index is 13.7. The molecule has 0 heterocycles. The van der Waals surface area contributed by atoms with Crippen LogP contribution in [0, 0.1) is 11.7 Å². The number of rotatable bonds is 3. The molecule has 0 saturated heterocycles. The summed E-state index contributed by atoms with van der Waals surface area (Å²) in [5.41, 5.74) is -0.00871. The minimum atomic E-state index is -0.845. The molecular weight excluding hydrogens is 299 g/mol. The lowest BCUT2D eigenvalue weighted by atomic mass is 9.86. The van der Waals surface area contributed by atoms with E-state index in [0.29, 0.717) is 12.8 Å². The van der Waals surface area contributed by atoms with E-state index in [4.69, 9.17) is 16.7 Å². The normalized spacial score (nSPS) is 21.6. The number of carbonyl (C=O) groups excluding carboxylic acids is 1. The lowest BCUT2D eigenvalue weighted by molar-refractivity contribution is -0.143. The summed E-state index contributed by atoms with van der Waals surface area (Å²) < 4.78 is 13.7. The van der Waals surface area contributed by atoms with Crippen molar-refractivity contribution in [3.05, 3.63) is 29.0 Å². The highest BCUT2D eigenvalue weighted by Gasteiger charge is 2.27. The topological polar surface area (TPSA) is 78.4 Å². The minimum Gasteiger partial charge on any atom is -0.481 e. The molecule has 2 atom stereocenters. The van der Waals surface area contributed by atoms with Crippen LogP contribution in [0.4, 0.5) is 14.9 Å². The van der Waals surface area contributed by atoms with Crippen LogP contribution in [0.2, 0.25) is 5.02 Å². The molecule has 0 aromatic heterocycles. The van der Waals surface area contributed by atoms with E-state index in [1.807, 2.05) is 0 Å². The zero-order valence-electron chi connectivity index (χ0n) is 11.2. The molecule has 0 bridgehead atoms. The molecule has 2 rings (SSSR count). The molecule has 114 valence electrons. The first-order valence-electron chi connectivity index (χ1n) is 6.71. The average Bonchev–Trinajstić information content (AvgIpc) is 2.44. The van der Waals surface area contributed by atoms with Crippen molar-refractivity contribution in [1.29, 1.82) is 0 Å². The largest absolute Gasteiger partial charge is 0.481 e. The van der Waals surface area contributed by atoms with E-state index < -0.39 is 23.7 Å². The molecular formula is C14H16ClFN2O3. The summed E-state index contributed by atoms with van der Waals surface area (Å²) in [7, 11) is 0. The van der Waals surface area contributed by atoms with Gasteiger partial charge >= 0.3 is 12.0 Å². The van der Waals surface area contributed by atoms with Gasteiger partial charge in [0, 0.05) is 6.04 Å². The second kappa shape index (κ2) is 6.76. The van der Waals surface area contributed by atoms with Gasteiger partial charge in [-0.15, -0.1) is 0 Å². The maximum Gasteiger partial charge on any atom is 0.319 e. The van der Waals surface area contributed by atoms with E-state index in [-0.39, 0.29) is 16.8 Å². The first kappa shape index (κ1) is 15.6. The number of urea groups is 1. The van der Waals surface area contributed by atoms with Crippen molar-refractivity contribution in [2.45, 2.75) is 31.7 Å². The Morgan fingerprint density at radius 2 is 2.10 bits per heavy atom. The Kier molecular flexibility index (Phi) is 5.01. The van der Waals surface area contributed by atoms with E-state index in [1.54, 1.807) is 0 Å². The number of benzene rings is 1. The minimum absolute atomic E-state index is 0.00871. The molecule has 1 aromatic rings. The Morgan fingerprint density at radius 3 is 2.81 bits per heavy atom. The number of aliphatic carboxylic acids is 1. The van der Waals surface area contributed by atoms with Gasteiger partial charge < -0.3 is 15.7 Å². The van der Waals surface area contributed by atoms with Gasteiger partial charge in [0.25, 0.3) is 0 Å². The number of carbonyl (C=O) groups is 2. The molecule has 0 radical (unpaired) electrons. The van der Waals surface area contributed by atoms with Crippen LogP contribution in [-0.2, 0) is 4.79 Å². The summed E-state index contributed by atoms with van der Waals surface area (Å²) in [5.74, 6) is -1.98. The second-order valence-electron chi connectivity index (χ2n) is 5.10. The van der Waals surface area contributed by atoms with Crippen molar-refractivity contribution in [2.75, 3.05) is 5.32 Å². The number of carboxylic acid groups (broad SMARTS) is 1. The van der Waals surface area contributed by atoms with Gasteiger partial charge in [-0.2, -0.15) is 0 Å². The van der Waals surface area contributed by atoms with Crippen LogP contribution in [-0.4, -0.2) is 23.1 Å². The Bertz CT molecular complexity index is 553. The summed E-state index contributed by atoms with van der Waals surface area (Å²) in [6, 6.07) is 3.54. The fraction of sp³-hybridized carbons (Fsp3) is 0.429. The highest BCUT2D eigenvalue weighted by molar-refractivity contribution is 6.31. The van der Waals surface area contributed by atoms with Gasteiger partial charge in [-0.3, -0.25) is 4.79 Å². The molecule has 1 saturated carbocycles. The Labute approximate surface area is 126 Å². The van der Waals surface area contributed by atoms with Crippen molar-refractivity contribution < 1.29 is 19.1 Å². The van der Waals surface area contributed by atoms with Gasteiger partial charge in [0.1, 0.15) is 0 Å². The van der Waals surface area contributed by atoms with E-state index in [0.717, 1.165) is 12.8 Å². The smallest absolute Gasteiger partial charge is 0.319 e. The number of hydrogen-bond acceptors (Lipinski definition) is 2. The van der Waals surface area contributed by atoms with Gasteiger partial charge in [0.2, 0.25) is 0 Å². The van der Waals surface area contributed by atoms with Crippen molar-refractivity contribution in [1.82, 2.24) is 5.32 Å².